The van der Waals surface area contributed by atoms with Gasteiger partial charge in [0.1, 0.15) is 0 Å². The Kier molecular flexibility index (Phi) is 4.19. The molecule has 7 heteroatoms. The van der Waals surface area contributed by atoms with Gasteiger partial charge >= 0.3 is 0 Å². The summed E-state index contributed by atoms with van der Waals surface area (Å²) in [5.74, 6) is -1.34. The van der Waals surface area contributed by atoms with Crippen molar-refractivity contribution in [2.24, 2.45) is 5.73 Å². The van der Waals surface area contributed by atoms with E-state index in [1.807, 2.05) is 22.6 Å². The van der Waals surface area contributed by atoms with Gasteiger partial charge in [-0.05, 0) is 34.6 Å². The van der Waals surface area contributed by atoms with Gasteiger partial charge in [-0.15, -0.1) is 0 Å². The molecule has 0 radical (unpaired) electrons. The lowest BCUT2D eigenvalue weighted by Crippen LogP contribution is -2.43. The van der Waals surface area contributed by atoms with Gasteiger partial charge in [0.2, 0.25) is 0 Å². The number of nitrogens with zero attached hydrogens (tertiary/aromatic N) is 1. The maximum absolute atomic E-state index is 10.5. The molecule has 0 heterocycles. The molecule has 0 saturated heterocycles. The number of carbonyl (C=O) groups excluding carboxylic acids is 1. The van der Waals surface area contributed by atoms with Gasteiger partial charge in [-0.25, -0.2) is 0 Å². The topological polar surface area (TPSA) is 109 Å². The molecule has 0 aliphatic heterocycles. The van der Waals surface area contributed by atoms with Gasteiger partial charge in [0.15, 0.2) is 0 Å². The standard InChI is InChI=1S/C9H9IN2O4/c10-7-4-6(12(15)16)2-1-5(7)3-8(11)9(13)14/h1-2,4,8H,3,11H2,(H,13,14)/p-1/t8-/m0/s1. The van der Waals surface area contributed by atoms with Crippen molar-refractivity contribution in [1.82, 2.24) is 0 Å². The highest BCUT2D eigenvalue weighted by atomic mass is 127. The number of hydrogen-bond donors (Lipinski definition) is 1. The maximum atomic E-state index is 10.5. The van der Waals surface area contributed by atoms with Crippen LogP contribution in [0.4, 0.5) is 5.69 Å². The minimum atomic E-state index is -1.34. The predicted octanol–water partition coefficient (Wildman–Crippen LogP) is -0.181. The van der Waals surface area contributed by atoms with Crippen molar-refractivity contribution in [3.8, 4) is 0 Å². The molecule has 1 aromatic carbocycles. The average Bonchev–Trinajstić information content (AvgIpc) is 2.20. The second-order valence-corrected chi connectivity index (χ2v) is 4.32. The Morgan fingerprint density at radius 1 is 1.56 bits per heavy atom. The zero-order valence-corrected chi connectivity index (χ0v) is 10.2. The van der Waals surface area contributed by atoms with Crippen LogP contribution in [0.2, 0.25) is 0 Å². The molecule has 0 fully saturated rings. The van der Waals surface area contributed by atoms with Gasteiger partial charge in [-0.1, -0.05) is 6.07 Å². The molecule has 0 aliphatic carbocycles. The van der Waals surface area contributed by atoms with Crippen LogP contribution in [0.5, 0.6) is 0 Å². The van der Waals surface area contributed by atoms with Crippen LogP contribution in [0.25, 0.3) is 0 Å². The lowest BCUT2D eigenvalue weighted by Gasteiger charge is -2.13. The number of rotatable bonds is 4. The molecule has 1 atom stereocenters. The van der Waals surface area contributed by atoms with Crippen LogP contribution in [-0.2, 0) is 11.2 Å². The van der Waals surface area contributed by atoms with E-state index in [0.29, 0.717) is 9.13 Å². The van der Waals surface area contributed by atoms with Crippen LogP contribution in [0.1, 0.15) is 5.56 Å². The maximum Gasteiger partial charge on any atom is 0.270 e. The van der Waals surface area contributed by atoms with Crippen LogP contribution in [0.3, 0.4) is 0 Å². The van der Waals surface area contributed by atoms with E-state index in [1.54, 1.807) is 0 Å². The highest BCUT2D eigenvalue weighted by molar-refractivity contribution is 14.1. The van der Waals surface area contributed by atoms with E-state index in [9.17, 15) is 20.0 Å². The summed E-state index contributed by atoms with van der Waals surface area (Å²) in [5, 5.41) is 20.9. The fourth-order valence-electron chi connectivity index (χ4n) is 1.14. The highest BCUT2D eigenvalue weighted by Crippen LogP contribution is 2.20. The number of nitrogens with two attached hydrogens (primary N) is 1. The van der Waals surface area contributed by atoms with Crippen molar-refractivity contribution < 1.29 is 14.8 Å². The molecule has 0 spiro atoms. The second kappa shape index (κ2) is 5.21. The number of nitro benzene ring substituents is 1. The second-order valence-electron chi connectivity index (χ2n) is 3.16. The fourth-order valence-corrected chi connectivity index (χ4v) is 1.85. The summed E-state index contributed by atoms with van der Waals surface area (Å²) in [6.45, 7) is 0. The molecule has 0 aliphatic rings. The highest BCUT2D eigenvalue weighted by Gasteiger charge is 2.12. The summed E-state index contributed by atoms with van der Waals surface area (Å²) in [6.07, 6.45) is 0.0958. The third-order valence-corrected chi connectivity index (χ3v) is 2.99. The molecule has 16 heavy (non-hydrogen) atoms. The molecule has 0 unspecified atom stereocenters. The number of aliphatic carboxylic acids is 1. The lowest BCUT2D eigenvalue weighted by molar-refractivity contribution is -0.385. The van der Waals surface area contributed by atoms with Gasteiger partial charge in [0.05, 0.1) is 10.9 Å². The van der Waals surface area contributed by atoms with E-state index < -0.39 is 16.9 Å². The number of nitro groups is 1. The number of benzene rings is 1. The van der Waals surface area contributed by atoms with Crippen molar-refractivity contribution in [3.63, 3.8) is 0 Å². The summed E-state index contributed by atoms with van der Waals surface area (Å²) in [6, 6.07) is 3.09. The number of halogens is 1. The van der Waals surface area contributed by atoms with Crippen LogP contribution in [-0.4, -0.2) is 16.9 Å². The number of carbonyl (C=O) groups is 1. The summed E-state index contributed by atoms with van der Waals surface area (Å²) in [4.78, 5) is 20.4. The Balaban J connectivity index is 2.91. The van der Waals surface area contributed by atoms with E-state index in [2.05, 4.69) is 0 Å². The first-order valence-electron chi connectivity index (χ1n) is 4.31. The largest absolute Gasteiger partial charge is 0.548 e. The van der Waals surface area contributed by atoms with Crippen molar-refractivity contribution >= 4 is 34.2 Å². The Bertz CT molecular complexity index is 436. The normalized spacial score (nSPS) is 12.1. The minimum absolute atomic E-state index is 0.0322. The Labute approximate surface area is 105 Å². The lowest BCUT2D eigenvalue weighted by atomic mass is 10.1. The van der Waals surface area contributed by atoms with E-state index >= 15 is 0 Å². The molecule has 2 N–H and O–H groups in total. The third-order valence-electron chi connectivity index (χ3n) is 1.99. The van der Waals surface area contributed by atoms with E-state index in [1.165, 1.54) is 18.2 Å². The van der Waals surface area contributed by atoms with Crippen LogP contribution in [0.15, 0.2) is 18.2 Å². The van der Waals surface area contributed by atoms with Crippen molar-refractivity contribution in [2.75, 3.05) is 0 Å². The third kappa shape index (κ3) is 3.14. The van der Waals surface area contributed by atoms with Gasteiger partial charge in [-0.3, -0.25) is 10.1 Å². The molecular formula is C9H8IN2O4-. The molecule has 0 aromatic heterocycles. The zero-order chi connectivity index (χ0) is 12.3. The first kappa shape index (κ1) is 12.8. The first-order chi connectivity index (χ1) is 7.41. The van der Waals surface area contributed by atoms with Crippen LogP contribution in [0, 0.1) is 13.7 Å². The smallest absolute Gasteiger partial charge is 0.270 e. The minimum Gasteiger partial charge on any atom is -0.548 e. The molecule has 86 valence electrons. The Morgan fingerprint density at radius 3 is 2.62 bits per heavy atom. The van der Waals surface area contributed by atoms with Gasteiger partial charge in [0, 0.05) is 21.7 Å². The van der Waals surface area contributed by atoms with Crippen molar-refractivity contribution in [3.05, 3.63) is 37.4 Å². The monoisotopic (exact) mass is 335 g/mol. The number of hydrogen-bond acceptors (Lipinski definition) is 5. The number of carboxylic acid groups (broad SMARTS) is 1. The summed E-state index contributed by atoms with van der Waals surface area (Å²) in [5.41, 5.74) is 5.94. The molecule has 1 rings (SSSR count). The number of carboxylic acids is 1. The molecule has 6 nitrogen and oxygen atoms in total. The molecule has 0 amide bonds. The van der Waals surface area contributed by atoms with Crippen LogP contribution < -0.4 is 10.8 Å². The SMILES string of the molecule is N[C@@H](Cc1ccc([N+](=O)[O-])cc1I)C(=O)[O-]. The van der Waals surface area contributed by atoms with Crippen LogP contribution >= 0.6 is 22.6 Å². The van der Waals surface area contributed by atoms with Gasteiger partial charge < -0.3 is 15.6 Å². The quantitative estimate of drug-likeness (QED) is 0.466. The number of non-ortho nitro benzene ring substituents is 1. The van der Waals surface area contributed by atoms with E-state index in [-0.39, 0.29) is 12.1 Å². The molecule has 0 saturated carbocycles. The molecule has 0 bridgehead atoms. The first-order valence-corrected chi connectivity index (χ1v) is 5.39. The fraction of sp³-hybridized carbons (Fsp3) is 0.222. The average molecular weight is 335 g/mol. The van der Waals surface area contributed by atoms with E-state index in [4.69, 9.17) is 5.73 Å². The van der Waals surface area contributed by atoms with Crippen molar-refractivity contribution in [2.45, 2.75) is 12.5 Å². The summed E-state index contributed by atoms with van der Waals surface area (Å²) >= 11 is 1.90. The summed E-state index contributed by atoms with van der Waals surface area (Å²) < 4.78 is 0.614. The predicted molar refractivity (Wildman–Crippen MR) is 62.5 cm³/mol. The Hall–Kier alpha value is -1.22. The van der Waals surface area contributed by atoms with Gasteiger partial charge in [0.25, 0.3) is 5.69 Å². The Morgan fingerprint density at radius 2 is 2.19 bits per heavy atom. The van der Waals surface area contributed by atoms with Crippen molar-refractivity contribution in [1.29, 1.82) is 0 Å². The molecular weight excluding hydrogens is 327 g/mol. The zero-order valence-electron chi connectivity index (χ0n) is 8.05. The van der Waals surface area contributed by atoms with Gasteiger partial charge in [-0.2, -0.15) is 0 Å². The molecule has 1 aromatic rings. The summed E-state index contributed by atoms with van der Waals surface area (Å²) in [7, 11) is 0. The van der Waals surface area contributed by atoms with E-state index in [0.717, 1.165) is 0 Å².